The summed E-state index contributed by atoms with van der Waals surface area (Å²) in [5, 5.41) is 34.9. The van der Waals surface area contributed by atoms with Crippen molar-refractivity contribution >= 4 is 17.1 Å². The molecule has 0 radical (unpaired) electrons. The van der Waals surface area contributed by atoms with Crippen LogP contribution >= 0.6 is 0 Å². The highest BCUT2D eigenvalue weighted by atomic mass is 16.6. The Kier molecular flexibility index (Phi) is 4.60. The molecule has 2 rings (SSSR count). The van der Waals surface area contributed by atoms with Crippen molar-refractivity contribution < 1.29 is 15.0 Å². The van der Waals surface area contributed by atoms with Crippen molar-refractivity contribution in [1.82, 2.24) is 0 Å². The van der Waals surface area contributed by atoms with Gasteiger partial charge in [-0.2, -0.15) is 0 Å². The van der Waals surface area contributed by atoms with Crippen molar-refractivity contribution in [3.05, 3.63) is 37.4 Å². The van der Waals surface area contributed by atoms with E-state index in [1.165, 1.54) is 13.0 Å². The van der Waals surface area contributed by atoms with Gasteiger partial charge in [0.1, 0.15) is 0 Å². The van der Waals surface area contributed by atoms with Crippen LogP contribution in [0, 0.1) is 33.1 Å². The highest BCUT2D eigenvalue weighted by molar-refractivity contribution is 5.78. The first kappa shape index (κ1) is 16.2. The van der Waals surface area contributed by atoms with Crippen LogP contribution in [-0.2, 0) is 6.61 Å². The number of nitrogens with zero attached hydrogens (tertiary/aromatic N) is 2. The first-order valence-corrected chi connectivity index (χ1v) is 7.17. The van der Waals surface area contributed by atoms with Crippen LogP contribution in [0.1, 0.15) is 37.3 Å². The molecule has 8 nitrogen and oxygen atoms in total. The van der Waals surface area contributed by atoms with Gasteiger partial charge < -0.3 is 10.4 Å². The average Bonchev–Trinajstić information content (AvgIpc) is 2.83. The van der Waals surface area contributed by atoms with Crippen molar-refractivity contribution in [2.45, 2.75) is 45.8 Å². The molecule has 0 bridgehead atoms. The second-order valence-corrected chi connectivity index (χ2v) is 5.84. The molecule has 0 aromatic heterocycles. The van der Waals surface area contributed by atoms with Gasteiger partial charge in [-0.1, -0.05) is 6.92 Å². The quantitative estimate of drug-likeness (QED) is 0.637. The van der Waals surface area contributed by atoms with Crippen LogP contribution in [0.4, 0.5) is 17.1 Å². The lowest BCUT2D eigenvalue weighted by Gasteiger charge is -2.16. The lowest BCUT2D eigenvalue weighted by molar-refractivity contribution is -0.392. The summed E-state index contributed by atoms with van der Waals surface area (Å²) in [6.45, 7) is 3.11. The van der Waals surface area contributed by atoms with Gasteiger partial charge in [-0.15, -0.1) is 0 Å². The second kappa shape index (κ2) is 6.27. The Hall–Kier alpha value is -2.22. The highest BCUT2D eigenvalue weighted by Gasteiger charge is 2.33. The molecule has 1 aromatic carbocycles. The van der Waals surface area contributed by atoms with Crippen molar-refractivity contribution in [2.24, 2.45) is 5.92 Å². The van der Waals surface area contributed by atoms with E-state index in [1.807, 2.05) is 0 Å². The molecule has 2 N–H and O–H groups in total. The van der Waals surface area contributed by atoms with Gasteiger partial charge in [0, 0.05) is 17.7 Å². The van der Waals surface area contributed by atoms with Crippen LogP contribution in [0.2, 0.25) is 0 Å². The van der Waals surface area contributed by atoms with Crippen LogP contribution in [-0.4, -0.2) is 21.0 Å². The van der Waals surface area contributed by atoms with Crippen LogP contribution in [0.25, 0.3) is 0 Å². The summed E-state index contributed by atoms with van der Waals surface area (Å²) >= 11 is 0. The molecule has 0 aliphatic heterocycles. The van der Waals surface area contributed by atoms with Crippen LogP contribution in [0.3, 0.4) is 0 Å². The first-order valence-electron chi connectivity index (χ1n) is 7.17. The SMILES string of the molecule is Cc1c(CO)cc([N+](=O)[O-])c(NC2CCC(C)C2)c1[N+](=O)[O-]. The van der Waals surface area contributed by atoms with Gasteiger partial charge in [0.05, 0.1) is 16.5 Å². The molecule has 22 heavy (non-hydrogen) atoms. The fourth-order valence-corrected chi connectivity index (χ4v) is 3.03. The number of hydrogen-bond acceptors (Lipinski definition) is 6. The van der Waals surface area contributed by atoms with Gasteiger partial charge in [-0.3, -0.25) is 20.2 Å². The summed E-state index contributed by atoms with van der Waals surface area (Å²) in [5.74, 6) is 0.494. The summed E-state index contributed by atoms with van der Waals surface area (Å²) in [5.41, 5.74) is -0.280. The normalized spacial score (nSPS) is 20.9. The minimum atomic E-state index is -0.647. The molecule has 1 saturated carbocycles. The van der Waals surface area contributed by atoms with Crippen molar-refractivity contribution in [3.8, 4) is 0 Å². The summed E-state index contributed by atoms with van der Waals surface area (Å²) < 4.78 is 0. The van der Waals surface area contributed by atoms with E-state index in [1.54, 1.807) is 0 Å². The van der Waals surface area contributed by atoms with Crippen molar-refractivity contribution in [2.75, 3.05) is 5.32 Å². The number of aliphatic hydroxyl groups is 1. The zero-order chi connectivity index (χ0) is 16.4. The molecule has 0 heterocycles. The molecule has 1 aliphatic rings. The molecule has 1 aliphatic carbocycles. The minimum absolute atomic E-state index is 0.00761. The maximum atomic E-state index is 11.4. The molecule has 120 valence electrons. The molecule has 0 saturated heterocycles. The van der Waals surface area contributed by atoms with Gasteiger partial charge in [0.25, 0.3) is 5.69 Å². The zero-order valence-electron chi connectivity index (χ0n) is 12.5. The average molecular weight is 309 g/mol. The predicted molar refractivity (Wildman–Crippen MR) is 80.8 cm³/mol. The fourth-order valence-electron chi connectivity index (χ4n) is 3.03. The molecular formula is C14H19N3O5. The number of nitro groups is 2. The molecule has 2 unspecified atom stereocenters. The maximum absolute atomic E-state index is 11.4. The molecule has 8 heteroatoms. The van der Waals surface area contributed by atoms with Gasteiger partial charge in [-0.25, -0.2) is 0 Å². The van der Waals surface area contributed by atoms with E-state index in [0.29, 0.717) is 5.92 Å². The number of rotatable bonds is 5. The van der Waals surface area contributed by atoms with E-state index >= 15 is 0 Å². The van der Waals surface area contributed by atoms with Gasteiger partial charge in [0.15, 0.2) is 5.69 Å². The molecule has 0 spiro atoms. The lowest BCUT2D eigenvalue weighted by atomic mass is 10.0. The van der Waals surface area contributed by atoms with Gasteiger partial charge >= 0.3 is 5.69 Å². The Balaban J connectivity index is 2.55. The number of aliphatic hydroxyl groups excluding tert-OH is 1. The standard InChI is InChI=1S/C14H19N3O5/c1-8-3-4-11(5-8)15-13-12(16(19)20)6-10(7-18)9(2)14(13)17(21)22/h6,8,11,15,18H,3-5,7H2,1-2H3. The van der Waals surface area contributed by atoms with E-state index in [9.17, 15) is 25.3 Å². The van der Waals surface area contributed by atoms with Gasteiger partial charge in [0.2, 0.25) is 0 Å². The second-order valence-electron chi connectivity index (χ2n) is 5.84. The zero-order valence-corrected chi connectivity index (χ0v) is 12.5. The van der Waals surface area contributed by atoms with Gasteiger partial charge in [-0.05, 0) is 37.7 Å². The smallest absolute Gasteiger partial charge is 0.302 e. The Bertz CT molecular complexity index is 617. The van der Waals surface area contributed by atoms with E-state index in [0.717, 1.165) is 19.3 Å². The Morgan fingerprint density at radius 3 is 2.45 bits per heavy atom. The number of benzene rings is 1. The number of nitrogens with one attached hydrogen (secondary N) is 1. The van der Waals surface area contributed by atoms with E-state index in [-0.39, 0.29) is 34.2 Å². The highest BCUT2D eigenvalue weighted by Crippen LogP contribution is 2.41. The van der Waals surface area contributed by atoms with Crippen molar-refractivity contribution in [3.63, 3.8) is 0 Å². The summed E-state index contributed by atoms with van der Waals surface area (Å²) in [6, 6.07) is 1.20. The molecular weight excluding hydrogens is 290 g/mol. The molecule has 0 amide bonds. The summed E-state index contributed by atoms with van der Waals surface area (Å²) in [4.78, 5) is 21.4. The van der Waals surface area contributed by atoms with Crippen LogP contribution < -0.4 is 5.32 Å². The monoisotopic (exact) mass is 309 g/mol. The van der Waals surface area contributed by atoms with E-state index < -0.39 is 16.5 Å². The van der Waals surface area contributed by atoms with Crippen molar-refractivity contribution in [1.29, 1.82) is 0 Å². The predicted octanol–water partition coefficient (Wildman–Crippen LogP) is 2.90. The third-order valence-corrected chi connectivity index (χ3v) is 4.23. The Morgan fingerprint density at radius 2 is 2.00 bits per heavy atom. The minimum Gasteiger partial charge on any atom is -0.392 e. The van der Waals surface area contributed by atoms with Crippen LogP contribution in [0.15, 0.2) is 6.07 Å². The molecule has 2 atom stereocenters. The fraction of sp³-hybridized carbons (Fsp3) is 0.571. The Morgan fingerprint density at radius 1 is 1.32 bits per heavy atom. The summed E-state index contributed by atoms with van der Waals surface area (Å²) in [7, 11) is 0. The number of nitro benzene ring substituents is 2. The lowest BCUT2D eigenvalue weighted by Crippen LogP contribution is -2.18. The largest absolute Gasteiger partial charge is 0.392 e. The number of anilines is 1. The third-order valence-electron chi connectivity index (χ3n) is 4.23. The molecule has 1 aromatic rings. The number of hydrogen-bond donors (Lipinski definition) is 2. The summed E-state index contributed by atoms with van der Waals surface area (Å²) in [6.07, 6.45) is 2.65. The topological polar surface area (TPSA) is 119 Å². The molecule has 1 fully saturated rings. The third kappa shape index (κ3) is 3.01. The maximum Gasteiger partial charge on any atom is 0.302 e. The Labute approximate surface area is 127 Å². The first-order chi connectivity index (χ1) is 10.3. The van der Waals surface area contributed by atoms with Crippen LogP contribution in [0.5, 0.6) is 0 Å². The van der Waals surface area contributed by atoms with E-state index in [2.05, 4.69) is 12.2 Å². The van der Waals surface area contributed by atoms with E-state index in [4.69, 9.17) is 0 Å².